The van der Waals surface area contributed by atoms with Crippen molar-refractivity contribution in [2.75, 3.05) is 18.9 Å². The van der Waals surface area contributed by atoms with E-state index in [9.17, 15) is 13.6 Å². The highest BCUT2D eigenvalue weighted by Crippen LogP contribution is 2.21. The van der Waals surface area contributed by atoms with E-state index in [-0.39, 0.29) is 18.2 Å². The van der Waals surface area contributed by atoms with Crippen molar-refractivity contribution in [1.82, 2.24) is 4.90 Å². The van der Waals surface area contributed by atoms with Crippen LogP contribution in [0.4, 0.5) is 14.5 Å². The first-order valence-electron chi connectivity index (χ1n) is 8.49. The molecule has 0 heterocycles. The summed E-state index contributed by atoms with van der Waals surface area (Å²) < 4.78 is 28.6. The fourth-order valence-electron chi connectivity index (χ4n) is 2.77. The van der Waals surface area contributed by atoms with Gasteiger partial charge in [-0.3, -0.25) is 9.69 Å². The van der Waals surface area contributed by atoms with Crippen LogP contribution in [0.5, 0.6) is 5.75 Å². The van der Waals surface area contributed by atoms with Crippen LogP contribution >= 0.6 is 0 Å². The standard InChI is InChI=1S/C20H24F2N2O2/c1-4-16-7-5-6-14(2)19(16)23-18(25)13-24(3)12-15-8-10-17(11-9-15)26-20(21)22/h5-11,20H,4,12-13H2,1-3H3,(H,23,25). The Morgan fingerprint density at radius 1 is 1.19 bits per heavy atom. The minimum Gasteiger partial charge on any atom is -0.435 e. The molecule has 2 aromatic rings. The molecule has 0 bridgehead atoms. The van der Waals surface area contributed by atoms with Gasteiger partial charge in [-0.05, 0) is 49.2 Å². The molecule has 0 fully saturated rings. The van der Waals surface area contributed by atoms with Gasteiger partial charge in [-0.15, -0.1) is 0 Å². The molecule has 6 heteroatoms. The molecule has 0 aliphatic rings. The van der Waals surface area contributed by atoms with Crippen LogP contribution in [-0.2, 0) is 17.8 Å². The number of para-hydroxylation sites is 1. The lowest BCUT2D eigenvalue weighted by atomic mass is 10.1. The largest absolute Gasteiger partial charge is 0.435 e. The monoisotopic (exact) mass is 362 g/mol. The Labute approximate surface area is 152 Å². The van der Waals surface area contributed by atoms with Gasteiger partial charge < -0.3 is 10.1 Å². The number of alkyl halides is 2. The Kier molecular flexibility index (Phi) is 7.09. The molecule has 1 amide bonds. The van der Waals surface area contributed by atoms with Gasteiger partial charge in [-0.25, -0.2) is 0 Å². The third-order valence-corrected chi connectivity index (χ3v) is 4.02. The number of benzene rings is 2. The average molecular weight is 362 g/mol. The maximum absolute atomic E-state index is 12.4. The van der Waals surface area contributed by atoms with Gasteiger partial charge in [0, 0.05) is 12.2 Å². The Morgan fingerprint density at radius 3 is 2.50 bits per heavy atom. The Balaban J connectivity index is 1.91. The average Bonchev–Trinajstić information content (AvgIpc) is 2.58. The second-order valence-electron chi connectivity index (χ2n) is 6.21. The first kappa shape index (κ1) is 19.8. The summed E-state index contributed by atoms with van der Waals surface area (Å²) in [6, 6.07) is 12.4. The number of hydrogen-bond acceptors (Lipinski definition) is 3. The summed E-state index contributed by atoms with van der Waals surface area (Å²) in [5.74, 6) is 0.0324. The zero-order valence-electron chi connectivity index (χ0n) is 15.3. The number of amides is 1. The van der Waals surface area contributed by atoms with Crippen LogP contribution in [0.1, 0.15) is 23.6 Å². The molecule has 0 radical (unpaired) electrons. The maximum atomic E-state index is 12.4. The molecule has 0 unspecified atom stereocenters. The molecule has 1 N–H and O–H groups in total. The van der Waals surface area contributed by atoms with Crippen LogP contribution in [0.15, 0.2) is 42.5 Å². The van der Waals surface area contributed by atoms with Gasteiger partial charge in [-0.2, -0.15) is 8.78 Å². The van der Waals surface area contributed by atoms with Crippen molar-refractivity contribution in [3.05, 3.63) is 59.2 Å². The summed E-state index contributed by atoms with van der Waals surface area (Å²) in [4.78, 5) is 14.2. The van der Waals surface area contributed by atoms with Crippen molar-refractivity contribution in [2.45, 2.75) is 33.4 Å². The molecule has 0 atom stereocenters. The van der Waals surface area contributed by atoms with Gasteiger partial charge in [0.25, 0.3) is 0 Å². The number of aryl methyl sites for hydroxylation is 2. The van der Waals surface area contributed by atoms with Crippen LogP contribution in [0.3, 0.4) is 0 Å². The summed E-state index contributed by atoms with van der Waals surface area (Å²) in [5, 5.41) is 2.99. The van der Waals surface area contributed by atoms with Crippen molar-refractivity contribution in [1.29, 1.82) is 0 Å². The van der Waals surface area contributed by atoms with Crippen molar-refractivity contribution >= 4 is 11.6 Å². The number of ether oxygens (including phenoxy) is 1. The number of hydrogen-bond donors (Lipinski definition) is 1. The van der Waals surface area contributed by atoms with Crippen LogP contribution in [0.25, 0.3) is 0 Å². The van der Waals surface area contributed by atoms with E-state index in [4.69, 9.17) is 0 Å². The highest BCUT2D eigenvalue weighted by Gasteiger charge is 2.11. The van der Waals surface area contributed by atoms with E-state index >= 15 is 0 Å². The van der Waals surface area contributed by atoms with E-state index in [0.29, 0.717) is 6.54 Å². The first-order valence-corrected chi connectivity index (χ1v) is 8.49. The number of halogens is 2. The summed E-state index contributed by atoms with van der Waals surface area (Å²) >= 11 is 0. The summed E-state index contributed by atoms with van der Waals surface area (Å²) in [7, 11) is 1.84. The highest BCUT2D eigenvalue weighted by atomic mass is 19.3. The molecule has 0 aromatic heterocycles. The number of carbonyl (C=O) groups is 1. The van der Waals surface area contributed by atoms with Crippen molar-refractivity contribution < 1.29 is 18.3 Å². The smallest absolute Gasteiger partial charge is 0.387 e. The third-order valence-electron chi connectivity index (χ3n) is 4.02. The normalized spacial score (nSPS) is 11.0. The summed E-state index contributed by atoms with van der Waals surface area (Å²) in [5.41, 5.74) is 3.93. The SMILES string of the molecule is CCc1cccc(C)c1NC(=O)CN(C)Cc1ccc(OC(F)F)cc1. The topological polar surface area (TPSA) is 41.6 Å². The van der Waals surface area contributed by atoms with E-state index in [1.165, 1.54) is 12.1 Å². The third kappa shape index (κ3) is 5.81. The minimum absolute atomic E-state index is 0.0887. The molecular weight excluding hydrogens is 338 g/mol. The lowest BCUT2D eigenvalue weighted by Gasteiger charge is -2.18. The number of nitrogens with zero attached hydrogens (tertiary/aromatic N) is 1. The van der Waals surface area contributed by atoms with Crippen LogP contribution in [0, 0.1) is 6.92 Å². The van der Waals surface area contributed by atoms with Gasteiger partial charge in [0.1, 0.15) is 5.75 Å². The molecule has 2 aromatic carbocycles. The van der Waals surface area contributed by atoms with Gasteiger partial charge >= 0.3 is 6.61 Å². The van der Waals surface area contributed by atoms with Crippen molar-refractivity contribution in [3.63, 3.8) is 0 Å². The molecule has 0 aliphatic heterocycles. The molecule has 26 heavy (non-hydrogen) atoms. The van der Waals surface area contributed by atoms with Crippen LogP contribution in [-0.4, -0.2) is 31.0 Å². The lowest BCUT2D eigenvalue weighted by molar-refractivity contribution is -0.117. The minimum atomic E-state index is -2.83. The molecule has 140 valence electrons. The molecule has 0 spiro atoms. The zero-order chi connectivity index (χ0) is 19.1. The van der Waals surface area contributed by atoms with Gasteiger partial charge in [0.2, 0.25) is 5.91 Å². The number of anilines is 1. The first-order chi connectivity index (χ1) is 12.4. The molecule has 0 saturated carbocycles. The Bertz CT molecular complexity index is 733. The summed E-state index contributed by atoms with van der Waals surface area (Å²) in [6.07, 6.45) is 0.847. The number of carbonyl (C=O) groups excluding carboxylic acids is 1. The Morgan fingerprint density at radius 2 is 1.88 bits per heavy atom. The van der Waals surface area contributed by atoms with Gasteiger partial charge in [0.15, 0.2) is 0 Å². The predicted octanol–water partition coefficient (Wildman–Crippen LogP) is 4.23. The number of likely N-dealkylation sites (N-methyl/N-ethyl adjacent to an activating group) is 1. The molecule has 0 saturated heterocycles. The second kappa shape index (κ2) is 9.29. The van der Waals surface area contributed by atoms with Crippen LogP contribution < -0.4 is 10.1 Å². The fraction of sp³-hybridized carbons (Fsp3) is 0.350. The molecule has 2 rings (SSSR count). The van der Waals surface area contributed by atoms with E-state index in [1.54, 1.807) is 12.1 Å². The second-order valence-corrected chi connectivity index (χ2v) is 6.21. The fourth-order valence-corrected chi connectivity index (χ4v) is 2.77. The van der Waals surface area contributed by atoms with Crippen LogP contribution in [0.2, 0.25) is 0 Å². The molecule has 4 nitrogen and oxygen atoms in total. The van der Waals surface area contributed by atoms with Gasteiger partial charge in [-0.1, -0.05) is 37.3 Å². The van der Waals surface area contributed by atoms with Gasteiger partial charge in [0.05, 0.1) is 6.54 Å². The predicted molar refractivity (Wildman–Crippen MR) is 98.6 cm³/mol. The Hall–Kier alpha value is -2.47. The van der Waals surface area contributed by atoms with Crippen molar-refractivity contribution in [3.8, 4) is 5.75 Å². The lowest BCUT2D eigenvalue weighted by Crippen LogP contribution is -2.30. The molecular formula is C20H24F2N2O2. The number of nitrogens with one attached hydrogen (secondary N) is 1. The zero-order valence-corrected chi connectivity index (χ0v) is 15.3. The van der Waals surface area contributed by atoms with E-state index in [2.05, 4.69) is 17.0 Å². The highest BCUT2D eigenvalue weighted by molar-refractivity contribution is 5.93. The van der Waals surface area contributed by atoms with Crippen molar-refractivity contribution in [2.24, 2.45) is 0 Å². The van der Waals surface area contributed by atoms with E-state index in [0.717, 1.165) is 28.8 Å². The van der Waals surface area contributed by atoms with E-state index in [1.807, 2.05) is 37.1 Å². The van der Waals surface area contributed by atoms with E-state index < -0.39 is 6.61 Å². The maximum Gasteiger partial charge on any atom is 0.387 e. The number of rotatable bonds is 8. The quantitative estimate of drug-likeness (QED) is 0.764. The molecule has 0 aliphatic carbocycles. The summed E-state index contributed by atoms with van der Waals surface area (Å²) in [6.45, 7) is 1.95.